The van der Waals surface area contributed by atoms with Crippen molar-refractivity contribution in [3.05, 3.63) is 29.3 Å². The zero-order valence-corrected chi connectivity index (χ0v) is 10.8. The molecule has 112 valence electrons. The van der Waals surface area contributed by atoms with Crippen LogP contribution in [0.1, 0.15) is 15.9 Å². The average molecular weight is 296 g/mol. The van der Waals surface area contributed by atoms with Gasteiger partial charge in [-0.1, -0.05) is 6.07 Å². The van der Waals surface area contributed by atoms with Crippen LogP contribution in [0.5, 0.6) is 0 Å². The number of carbonyl (C=O) groups is 1. The van der Waals surface area contributed by atoms with E-state index in [2.05, 4.69) is 5.32 Å². The van der Waals surface area contributed by atoms with Gasteiger partial charge in [0.05, 0.1) is 23.4 Å². The molecule has 0 fully saturated rings. The first-order chi connectivity index (χ1) is 9.18. The molecule has 0 aromatic heterocycles. The third-order valence-corrected chi connectivity index (χ3v) is 2.61. The predicted molar refractivity (Wildman–Crippen MR) is 64.0 cm³/mol. The van der Waals surface area contributed by atoms with Gasteiger partial charge >= 0.3 is 6.18 Å². The molecule has 8 heteroatoms. The molecule has 0 atom stereocenters. The normalized spacial score (nSPS) is 11.6. The fourth-order valence-electron chi connectivity index (χ4n) is 1.73. The van der Waals surface area contributed by atoms with Crippen molar-refractivity contribution in [3.63, 3.8) is 0 Å². The summed E-state index contributed by atoms with van der Waals surface area (Å²) < 4.78 is 62.9. The van der Waals surface area contributed by atoms with Gasteiger partial charge in [-0.3, -0.25) is 4.79 Å². The number of benzene rings is 1. The molecule has 1 aromatic rings. The van der Waals surface area contributed by atoms with Gasteiger partial charge in [-0.15, -0.1) is 0 Å². The van der Waals surface area contributed by atoms with Crippen molar-refractivity contribution in [1.82, 2.24) is 4.90 Å². The van der Waals surface area contributed by atoms with E-state index >= 15 is 0 Å². The Morgan fingerprint density at radius 3 is 2.40 bits per heavy atom. The number of hydrogen-bond acceptors (Lipinski definition) is 2. The molecular weight excluding hydrogens is 283 g/mol. The highest BCUT2D eigenvalue weighted by atomic mass is 19.4. The van der Waals surface area contributed by atoms with Crippen LogP contribution in [-0.4, -0.2) is 37.9 Å². The average Bonchev–Trinajstić information content (AvgIpc) is 2.34. The number of halogens is 5. The van der Waals surface area contributed by atoms with Gasteiger partial charge in [0.2, 0.25) is 0 Å². The van der Waals surface area contributed by atoms with Crippen LogP contribution < -0.4 is 5.32 Å². The maximum atomic E-state index is 12.8. The fraction of sp³-hybridized carbons (Fsp3) is 0.417. The number of hydrogen-bond donors (Lipinski definition) is 1. The molecule has 1 N–H and O–H groups in total. The molecule has 1 aromatic carbocycles. The molecule has 0 radical (unpaired) electrons. The van der Waals surface area contributed by atoms with Crippen LogP contribution in [0.15, 0.2) is 18.2 Å². The zero-order chi connectivity index (χ0) is 15.5. The van der Waals surface area contributed by atoms with Crippen LogP contribution >= 0.6 is 0 Å². The summed E-state index contributed by atoms with van der Waals surface area (Å²) in [7, 11) is 2.34. The molecule has 3 nitrogen and oxygen atoms in total. The van der Waals surface area contributed by atoms with Crippen molar-refractivity contribution < 1.29 is 26.7 Å². The summed E-state index contributed by atoms with van der Waals surface area (Å²) in [4.78, 5) is 12.6. The quantitative estimate of drug-likeness (QED) is 0.866. The zero-order valence-electron chi connectivity index (χ0n) is 10.8. The third-order valence-electron chi connectivity index (χ3n) is 2.61. The Bertz CT molecular complexity index is 487. The summed E-state index contributed by atoms with van der Waals surface area (Å²) in [6.07, 6.45) is -7.40. The molecule has 0 aliphatic heterocycles. The molecule has 1 rings (SSSR count). The first-order valence-corrected chi connectivity index (χ1v) is 5.60. The van der Waals surface area contributed by atoms with Gasteiger partial charge < -0.3 is 10.2 Å². The third kappa shape index (κ3) is 3.58. The SMILES string of the molecule is CNc1c(C(=O)N(C)CC(F)F)cccc1C(F)(F)F. The van der Waals surface area contributed by atoms with Crippen molar-refractivity contribution >= 4 is 11.6 Å². The van der Waals surface area contributed by atoms with Crippen molar-refractivity contribution in [2.24, 2.45) is 0 Å². The van der Waals surface area contributed by atoms with Crippen LogP contribution in [0.2, 0.25) is 0 Å². The first-order valence-electron chi connectivity index (χ1n) is 5.60. The van der Waals surface area contributed by atoms with Crippen LogP contribution in [-0.2, 0) is 6.18 Å². The largest absolute Gasteiger partial charge is 0.418 e. The summed E-state index contributed by atoms with van der Waals surface area (Å²) in [5, 5.41) is 2.30. The number of anilines is 1. The standard InChI is InChI=1S/C12H13F5N2O/c1-18-10-7(11(20)19(2)6-9(13)14)4-3-5-8(10)12(15,16)17/h3-5,9,18H,6H2,1-2H3. The molecule has 0 unspecified atom stereocenters. The lowest BCUT2D eigenvalue weighted by atomic mass is 10.1. The highest BCUT2D eigenvalue weighted by Crippen LogP contribution is 2.36. The van der Waals surface area contributed by atoms with Gasteiger partial charge in [-0.05, 0) is 12.1 Å². The van der Waals surface area contributed by atoms with Crippen LogP contribution in [0.3, 0.4) is 0 Å². The number of nitrogens with one attached hydrogen (secondary N) is 1. The van der Waals surface area contributed by atoms with Gasteiger partial charge in [-0.25, -0.2) is 8.78 Å². The fourth-order valence-corrected chi connectivity index (χ4v) is 1.73. The summed E-state index contributed by atoms with van der Waals surface area (Å²) >= 11 is 0. The number of para-hydroxylation sites is 1. The van der Waals surface area contributed by atoms with E-state index < -0.39 is 36.3 Å². The van der Waals surface area contributed by atoms with Crippen LogP contribution in [0.4, 0.5) is 27.6 Å². The van der Waals surface area contributed by atoms with Gasteiger partial charge in [0.15, 0.2) is 0 Å². The molecule has 20 heavy (non-hydrogen) atoms. The van der Waals surface area contributed by atoms with E-state index in [1.807, 2.05) is 0 Å². The van der Waals surface area contributed by atoms with Crippen LogP contribution in [0, 0.1) is 0 Å². The minimum atomic E-state index is -4.64. The van der Waals surface area contributed by atoms with E-state index in [1.165, 1.54) is 7.05 Å². The van der Waals surface area contributed by atoms with Gasteiger partial charge in [0.1, 0.15) is 0 Å². The maximum absolute atomic E-state index is 12.8. The van der Waals surface area contributed by atoms with E-state index in [4.69, 9.17) is 0 Å². The number of amides is 1. The van der Waals surface area contributed by atoms with Gasteiger partial charge in [0.25, 0.3) is 12.3 Å². The predicted octanol–water partition coefficient (Wildman–Crippen LogP) is 3.08. The minimum absolute atomic E-state index is 0.300. The Morgan fingerprint density at radius 2 is 1.95 bits per heavy atom. The van der Waals surface area contributed by atoms with Crippen molar-refractivity contribution in [2.45, 2.75) is 12.6 Å². The molecular formula is C12H13F5N2O. The van der Waals surface area contributed by atoms with E-state index in [0.29, 0.717) is 4.90 Å². The Labute approximate surface area is 112 Å². The topological polar surface area (TPSA) is 32.3 Å². The lowest BCUT2D eigenvalue weighted by Gasteiger charge is -2.20. The lowest BCUT2D eigenvalue weighted by molar-refractivity contribution is -0.136. The Morgan fingerprint density at radius 1 is 1.35 bits per heavy atom. The molecule has 0 saturated carbocycles. The molecule has 0 saturated heterocycles. The Balaban J connectivity index is 3.22. The smallest absolute Gasteiger partial charge is 0.387 e. The summed E-state index contributed by atoms with van der Waals surface area (Å²) in [5.41, 5.74) is -1.74. The lowest BCUT2D eigenvalue weighted by Crippen LogP contribution is -2.32. The molecule has 0 aliphatic rings. The molecule has 0 aliphatic carbocycles. The first kappa shape index (κ1) is 16.2. The number of rotatable bonds is 4. The number of carbonyl (C=O) groups excluding carboxylic acids is 1. The molecule has 0 heterocycles. The second-order valence-electron chi connectivity index (χ2n) is 4.05. The minimum Gasteiger partial charge on any atom is -0.387 e. The Hall–Kier alpha value is -1.86. The van der Waals surface area contributed by atoms with Gasteiger partial charge in [-0.2, -0.15) is 13.2 Å². The molecule has 0 bridgehead atoms. The van der Waals surface area contributed by atoms with E-state index in [0.717, 1.165) is 25.2 Å². The highest BCUT2D eigenvalue weighted by Gasteiger charge is 2.35. The second kappa shape index (κ2) is 6.06. The highest BCUT2D eigenvalue weighted by molar-refractivity contribution is 6.00. The summed E-state index contributed by atoms with van der Waals surface area (Å²) in [6, 6.07) is 3.04. The maximum Gasteiger partial charge on any atom is 0.418 e. The van der Waals surface area contributed by atoms with Crippen molar-refractivity contribution in [2.75, 3.05) is 26.0 Å². The number of alkyl halides is 5. The van der Waals surface area contributed by atoms with Crippen LogP contribution in [0.25, 0.3) is 0 Å². The van der Waals surface area contributed by atoms with E-state index in [1.54, 1.807) is 0 Å². The van der Waals surface area contributed by atoms with Crippen molar-refractivity contribution in [3.8, 4) is 0 Å². The van der Waals surface area contributed by atoms with E-state index in [9.17, 15) is 26.7 Å². The monoisotopic (exact) mass is 296 g/mol. The Kier molecular flexibility index (Phi) is 4.91. The molecule has 1 amide bonds. The van der Waals surface area contributed by atoms with Crippen molar-refractivity contribution in [1.29, 1.82) is 0 Å². The number of nitrogens with zero attached hydrogens (tertiary/aromatic N) is 1. The second-order valence-corrected chi connectivity index (χ2v) is 4.05. The van der Waals surface area contributed by atoms with E-state index in [-0.39, 0.29) is 5.56 Å². The summed E-state index contributed by atoms with van der Waals surface area (Å²) in [5.74, 6) is -0.902. The summed E-state index contributed by atoms with van der Waals surface area (Å²) in [6.45, 7) is -0.849. The van der Waals surface area contributed by atoms with Gasteiger partial charge in [0, 0.05) is 14.1 Å². The molecule has 0 spiro atoms.